The van der Waals surface area contributed by atoms with Gasteiger partial charge < -0.3 is 0 Å². The summed E-state index contributed by atoms with van der Waals surface area (Å²) < 4.78 is 0. The molecule has 92 valence electrons. The number of benzene rings is 1. The molecular formula is C11H8N8. The molecule has 1 heterocycles. The molecule has 0 aliphatic heterocycles. The Morgan fingerprint density at radius 3 is 2.79 bits per heavy atom. The summed E-state index contributed by atoms with van der Waals surface area (Å²) in [5.74, 6) is 0.452. The number of rotatable bonds is 3. The Hall–Kier alpha value is -3.26. The highest BCUT2D eigenvalue weighted by Gasteiger charge is 2.06. The molecule has 2 rings (SSSR count). The van der Waals surface area contributed by atoms with E-state index in [1.807, 2.05) is 19.1 Å². The fraction of sp³-hybridized carbons (Fsp3) is 0.0909. The minimum Gasteiger partial charge on any atom is -0.276 e. The molecule has 0 bridgehead atoms. The molecule has 0 saturated carbocycles. The SMILES string of the molecule is Cc1ccc(-c2nn[nH]n2)cc1NN=C(C#N)C#N. The van der Waals surface area contributed by atoms with Crippen molar-refractivity contribution in [1.29, 1.82) is 10.5 Å². The number of hydrazone groups is 1. The number of hydrogen-bond donors (Lipinski definition) is 2. The van der Waals surface area contributed by atoms with Gasteiger partial charge in [-0.3, -0.25) is 5.43 Å². The Kier molecular flexibility index (Phi) is 3.46. The van der Waals surface area contributed by atoms with E-state index in [1.54, 1.807) is 18.2 Å². The molecule has 0 unspecified atom stereocenters. The lowest BCUT2D eigenvalue weighted by Crippen LogP contribution is -1.98. The number of nitrogens with one attached hydrogen (secondary N) is 2. The fourth-order valence-corrected chi connectivity index (χ4v) is 1.36. The third-order valence-electron chi connectivity index (χ3n) is 2.34. The minimum absolute atomic E-state index is 0.246. The molecule has 19 heavy (non-hydrogen) atoms. The van der Waals surface area contributed by atoms with Crippen LogP contribution in [0.4, 0.5) is 5.69 Å². The second-order valence-corrected chi connectivity index (χ2v) is 3.56. The first-order valence-corrected chi connectivity index (χ1v) is 5.23. The summed E-state index contributed by atoms with van der Waals surface area (Å²) in [6, 6.07) is 8.79. The van der Waals surface area contributed by atoms with Crippen LogP contribution in [0.25, 0.3) is 11.4 Å². The number of aromatic nitrogens is 4. The number of aromatic amines is 1. The Balaban J connectivity index is 2.32. The molecule has 2 N–H and O–H groups in total. The third kappa shape index (κ3) is 2.70. The van der Waals surface area contributed by atoms with E-state index >= 15 is 0 Å². The van der Waals surface area contributed by atoms with Crippen molar-refractivity contribution in [3.63, 3.8) is 0 Å². The monoisotopic (exact) mass is 252 g/mol. The van der Waals surface area contributed by atoms with Crippen LogP contribution >= 0.6 is 0 Å². The molecule has 0 atom stereocenters. The normalized spacial score (nSPS) is 9.21. The number of hydrogen-bond acceptors (Lipinski definition) is 7. The second-order valence-electron chi connectivity index (χ2n) is 3.56. The average molecular weight is 252 g/mol. The zero-order valence-corrected chi connectivity index (χ0v) is 9.92. The van der Waals surface area contributed by atoms with Crippen LogP contribution in [-0.4, -0.2) is 26.3 Å². The summed E-state index contributed by atoms with van der Waals surface area (Å²) in [6.07, 6.45) is 0. The predicted octanol–water partition coefficient (Wildman–Crippen LogP) is 0.990. The molecule has 0 amide bonds. The molecule has 0 fully saturated rings. The predicted molar refractivity (Wildman–Crippen MR) is 66.6 cm³/mol. The lowest BCUT2D eigenvalue weighted by molar-refractivity contribution is 0.881. The van der Waals surface area contributed by atoms with Crippen LogP contribution in [0.15, 0.2) is 23.3 Å². The zero-order valence-electron chi connectivity index (χ0n) is 9.92. The lowest BCUT2D eigenvalue weighted by Gasteiger charge is -2.05. The lowest BCUT2D eigenvalue weighted by atomic mass is 10.1. The molecule has 0 spiro atoms. The van der Waals surface area contributed by atoms with Gasteiger partial charge in [0.2, 0.25) is 11.5 Å². The first-order valence-electron chi connectivity index (χ1n) is 5.23. The molecule has 8 nitrogen and oxygen atoms in total. The number of aryl methyl sites for hydroxylation is 1. The van der Waals surface area contributed by atoms with E-state index in [4.69, 9.17) is 10.5 Å². The molecule has 0 aliphatic carbocycles. The molecule has 0 saturated heterocycles. The average Bonchev–Trinajstić information content (AvgIpc) is 2.96. The van der Waals surface area contributed by atoms with E-state index in [2.05, 4.69) is 31.2 Å². The molecular weight excluding hydrogens is 244 g/mol. The van der Waals surface area contributed by atoms with E-state index < -0.39 is 0 Å². The van der Waals surface area contributed by atoms with Crippen molar-refractivity contribution in [3.05, 3.63) is 23.8 Å². The van der Waals surface area contributed by atoms with Gasteiger partial charge in [-0.25, -0.2) is 0 Å². The van der Waals surface area contributed by atoms with E-state index in [0.717, 1.165) is 11.1 Å². The van der Waals surface area contributed by atoms with Crippen molar-refractivity contribution < 1.29 is 0 Å². The van der Waals surface area contributed by atoms with Crippen molar-refractivity contribution in [2.24, 2.45) is 5.10 Å². The van der Waals surface area contributed by atoms with Gasteiger partial charge in [-0.1, -0.05) is 12.1 Å². The number of nitrogens with zero attached hydrogens (tertiary/aromatic N) is 6. The summed E-state index contributed by atoms with van der Waals surface area (Å²) in [4.78, 5) is 0. The largest absolute Gasteiger partial charge is 0.276 e. The summed E-state index contributed by atoms with van der Waals surface area (Å²) in [7, 11) is 0. The van der Waals surface area contributed by atoms with Gasteiger partial charge in [0.15, 0.2) is 0 Å². The number of H-pyrrole nitrogens is 1. The van der Waals surface area contributed by atoms with Crippen molar-refractivity contribution >= 4 is 11.4 Å². The van der Waals surface area contributed by atoms with Crippen LogP contribution in [-0.2, 0) is 0 Å². The van der Waals surface area contributed by atoms with Crippen molar-refractivity contribution in [3.8, 4) is 23.5 Å². The number of anilines is 1. The molecule has 8 heteroatoms. The van der Waals surface area contributed by atoms with Gasteiger partial charge in [0.05, 0.1) is 5.69 Å². The van der Waals surface area contributed by atoms with Gasteiger partial charge in [-0.2, -0.15) is 20.8 Å². The summed E-state index contributed by atoms with van der Waals surface area (Å²) >= 11 is 0. The molecule has 1 aromatic carbocycles. The Labute approximate surface area is 108 Å². The first kappa shape index (κ1) is 12.2. The van der Waals surface area contributed by atoms with Crippen LogP contribution in [0.5, 0.6) is 0 Å². The van der Waals surface area contributed by atoms with E-state index in [-0.39, 0.29) is 5.71 Å². The van der Waals surface area contributed by atoms with E-state index in [9.17, 15) is 0 Å². The topological polar surface area (TPSA) is 126 Å². The highest BCUT2D eigenvalue weighted by molar-refractivity contribution is 6.10. The van der Waals surface area contributed by atoms with E-state index in [0.29, 0.717) is 11.5 Å². The molecule has 1 aromatic heterocycles. The fourth-order valence-electron chi connectivity index (χ4n) is 1.36. The number of nitriles is 2. The Bertz CT molecular complexity index is 670. The Morgan fingerprint density at radius 1 is 1.37 bits per heavy atom. The van der Waals surface area contributed by atoms with Gasteiger partial charge >= 0.3 is 0 Å². The standard InChI is InChI=1S/C11H8N8/c1-7-2-3-8(11-16-18-19-17-11)4-10(7)15-14-9(5-12)6-13/h2-4,15H,1H3,(H,16,17,18,19). The molecule has 0 radical (unpaired) electrons. The Morgan fingerprint density at radius 2 is 2.16 bits per heavy atom. The van der Waals surface area contributed by atoms with Gasteiger partial charge in [0.1, 0.15) is 12.1 Å². The quantitative estimate of drug-likeness (QED) is 0.619. The van der Waals surface area contributed by atoms with E-state index in [1.165, 1.54) is 0 Å². The number of tetrazole rings is 1. The summed E-state index contributed by atoms with van der Waals surface area (Å²) in [6.45, 7) is 1.87. The van der Waals surface area contributed by atoms with Crippen LogP contribution in [0.2, 0.25) is 0 Å². The minimum atomic E-state index is -0.246. The van der Waals surface area contributed by atoms with Crippen LogP contribution in [0.1, 0.15) is 5.56 Å². The summed E-state index contributed by atoms with van der Waals surface area (Å²) in [5, 5.41) is 34.5. The molecule has 2 aromatic rings. The van der Waals surface area contributed by atoms with Gasteiger partial charge in [0, 0.05) is 5.56 Å². The van der Waals surface area contributed by atoms with Gasteiger partial charge in [0.25, 0.3) is 0 Å². The highest BCUT2D eigenvalue weighted by atomic mass is 15.5. The maximum atomic E-state index is 8.60. The van der Waals surface area contributed by atoms with Crippen LogP contribution in [0, 0.1) is 29.6 Å². The highest BCUT2D eigenvalue weighted by Crippen LogP contribution is 2.22. The van der Waals surface area contributed by atoms with Crippen LogP contribution in [0.3, 0.4) is 0 Å². The van der Waals surface area contributed by atoms with Crippen LogP contribution < -0.4 is 5.43 Å². The third-order valence-corrected chi connectivity index (χ3v) is 2.34. The maximum Gasteiger partial charge on any atom is 0.237 e. The van der Waals surface area contributed by atoms with Gasteiger partial charge in [-0.15, -0.1) is 10.2 Å². The van der Waals surface area contributed by atoms with Gasteiger partial charge in [-0.05, 0) is 23.8 Å². The zero-order chi connectivity index (χ0) is 13.7. The smallest absolute Gasteiger partial charge is 0.237 e. The second kappa shape index (κ2) is 5.38. The maximum absolute atomic E-state index is 8.60. The molecule has 0 aliphatic rings. The summed E-state index contributed by atoms with van der Waals surface area (Å²) in [5.41, 5.74) is 4.74. The van der Waals surface area contributed by atoms with Crippen molar-refractivity contribution in [1.82, 2.24) is 20.6 Å². The first-order chi connectivity index (χ1) is 9.24. The van der Waals surface area contributed by atoms with Crippen molar-refractivity contribution in [2.75, 3.05) is 5.43 Å². The van der Waals surface area contributed by atoms with Crippen molar-refractivity contribution in [2.45, 2.75) is 6.92 Å².